The van der Waals surface area contributed by atoms with Crippen LogP contribution in [0.2, 0.25) is 5.02 Å². The van der Waals surface area contributed by atoms with E-state index >= 15 is 0 Å². The summed E-state index contributed by atoms with van der Waals surface area (Å²) in [7, 11) is 1.98. The molecule has 1 rings (SSSR count). The molecule has 1 heterocycles. The van der Waals surface area contributed by atoms with Crippen molar-refractivity contribution in [3.05, 3.63) is 23.4 Å². The van der Waals surface area contributed by atoms with Crippen LogP contribution in [0.3, 0.4) is 0 Å². The van der Waals surface area contributed by atoms with Crippen molar-refractivity contribution in [3.63, 3.8) is 0 Å². The minimum absolute atomic E-state index is 0.526. The van der Waals surface area contributed by atoms with Gasteiger partial charge in [0.15, 0.2) is 0 Å². The van der Waals surface area contributed by atoms with Crippen molar-refractivity contribution < 1.29 is 0 Å². The molecular formula is C10H15ClN2S. The number of hydrogen-bond acceptors (Lipinski definition) is 3. The molecule has 0 saturated heterocycles. The van der Waals surface area contributed by atoms with Gasteiger partial charge in [-0.2, -0.15) is 0 Å². The van der Waals surface area contributed by atoms with Gasteiger partial charge in [0.05, 0.1) is 5.02 Å². The zero-order valence-corrected chi connectivity index (χ0v) is 10.0. The topological polar surface area (TPSA) is 24.9 Å². The van der Waals surface area contributed by atoms with E-state index in [-0.39, 0.29) is 0 Å². The van der Waals surface area contributed by atoms with Crippen LogP contribution in [0.5, 0.6) is 0 Å². The average Bonchev–Trinajstić information content (AvgIpc) is 2.22. The quantitative estimate of drug-likeness (QED) is 0.788. The number of nitrogens with one attached hydrogen (secondary N) is 1. The summed E-state index contributed by atoms with van der Waals surface area (Å²) in [5.74, 6) is 1.00. The molecule has 1 atom stereocenters. The molecule has 0 aromatic carbocycles. The van der Waals surface area contributed by atoms with Gasteiger partial charge >= 0.3 is 0 Å². The second-order valence-corrected chi connectivity index (χ2v) is 4.41. The Bertz CT molecular complexity index is 277. The van der Waals surface area contributed by atoms with Gasteiger partial charge in [-0.25, -0.2) is 4.98 Å². The molecule has 2 nitrogen and oxygen atoms in total. The molecule has 0 bridgehead atoms. The van der Waals surface area contributed by atoms with Crippen LogP contribution in [-0.4, -0.2) is 23.8 Å². The minimum Gasteiger partial charge on any atom is -0.316 e. The van der Waals surface area contributed by atoms with Crippen molar-refractivity contribution in [3.8, 4) is 0 Å². The number of aromatic nitrogens is 1. The molecule has 0 aliphatic rings. The summed E-state index contributed by atoms with van der Waals surface area (Å²) >= 11 is 7.69. The molecule has 0 saturated carbocycles. The van der Waals surface area contributed by atoms with Gasteiger partial charge < -0.3 is 5.32 Å². The van der Waals surface area contributed by atoms with Crippen molar-refractivity contribution in [2.45, 2.75) is 24.4 Å². The third kappa shape index (κ3) is 3.48. The third-order valence-corrected chi connectivity index (χ3v) is 3.63. The van der Waals surface area contributed by atoms with Crippen molar-refractivity contribution in [2.24, 2.45) is 0 Å². The molecule has 0 aliphatic carbocycles. The molecule has 0 amide bonds. The van der Waals surface area contributed by atoms with Gasteiger partial charge in [0, 0.05) is 18.0 Å². The first-order valence-electron chi connectivity index (χ1n) is 4.68. The van der Waals surface area contributed by atoms with Gasteiger partial charge in [-0.15, -0.1) is 11.8 Å². The van der Waals surface area contributed by atoms with E-state index in [9.17, 15) is 0 Å². The second kappa shape index (κ2) is 6.27. The molecule has 1 aromatic heterocycles. The number of rotatable bonds is 5. The van der Waals surface area contributed by atoms with E-state index in [0.717, 1.165) is 22.2 Å². The standard InChI is InChI=1S/C10H15ClN2S/c1-3-8(12-2)7-14-10-9(11)5-4-6-13-10/h4-6,8,12H,3,7H2,1-2H3. The van der Waals surface area contributed by atoms with E-state index in [1.54, 1.807) is 18.0 Å². The summed E-state index contributed by atoms with van der Waals surface area (Å²) in [4.78, 5) is 4.22. The first-order valence-corrected chi connectivity index (χ1v) is 6.04. The maximum Gasteiger partial charge on any atom is 0.115 e. The van der Waals surface area contributed by atoms with E-state index in [4.69, 9.17) is 11.6 Å². The molecule has 4 heteroatoms. The molecular weight excluding hydrogens is 216 g/mol. The Hall–Kier alpha value is -0.250. The fourth-order valence-electron chi connectivity index (χ4n) is 1.06. The van der Waals surface area contributed by atoms with Gasteiger partial charge in [0.2, 0.25) is 0 Å². The Morgan fingerprint density at radius 1 is 1.64 bits per heavy atom. The van der Waals surface area contributed by atoms with E-state index in [1.807, 2.05) is 19.2 Å². The predicted octanol–water partition coefficient (Wildman–Crippen LogP) is 2.83. The van der Waals surface area contributed by atoms with Gasteiger partial charge in [-0.05, 0) is 25.6 Å². The Kier molecular flexibility index (Phi) is 5.30. The Morgan fingerprint density at radius 2 is 2.43 bits per heavy atom. The van der Waals surface area contributed by atoms with E-state index < -0.39 is 0 Å². The predicted molar refractivity (Wildman–Crippen MR) is 63.1 cm³/mol. The highest BCUT2D eigenvalue weighted by molar-refractivity contribution is 7.99. The Balaban J connectivity index is 2.49. The molecule has 0 aliphatic heterocycles. The SMILES string of the molecule is CCC(CSc1ncccc1Cl)NC. The smallest absolute Gasteiger partial charge is 0.115 e. The number of nitrogens with zero attached hydrogens (tertiary/aromatic N) is 1. The van der Waals surface area contributed by atoms with Crippen LogP contribution in [0, 0.1) is 0 Å². The fourth-order valence-corrected chi connectivity index (χ4v) is 2.45. The molecule has 0 spiro atoms. The highest BCUT2D eigenvalue weighted by atomic mass is 35.5. The summed E-state index contributed by atoms with van der Waals surface area (Å²) in [6, 6.07) is 4.25. The number of halogens is 1. The van der Waals surface area contributed by atoms with Crippen LogP contribution in [0.15, 0.2) is 23.4 Å². The molecule has 78 valence electrons. The fraction of sp³-hybridized carbons (Fsp3) is 0.500. The summed E-state index contributed by atoms with van der Waals surface area (Å²) in [6.07, 6.45) is 2.89. The lowest BCUT2D eigenvalue weighted by Gasteiger charge is -2.12. The summed E-state index contributed by atoms with van der Waals surface area (Å²) in [5.41, 5.74) is 0. The van der Waals surface area contributed by atoms with Gasteiger partial charge in [0.1, 0.15) is 5.03 Å². The summed E-state index contributed by atoms with van der Waals surface area (Å²) in [6.45, 7) is 2.17. The van der Waals surface area contributed by atoms with Gasteiger partial charge in [-0.1, -0.05) is 18.5 Å². The van der Waals surface area contributed by atoms with Crippen LogP contribution < -0.4 is 5.32 Å². The van der Waals surface area contributed by atoms with Crippen molar-refractivity contribution in [1.29, 1.82) is 0 Å². The Morgan fingerprint density at radius 3 is 3.00 bits per heavy atom. The molecule has 14 heavy (non-hydrogen) atoms. The highest BCUT2D eigenvalue weighted by Gasteiger charge is 2.06. The van der Waals surface area contributed by atoms with Crippen LogP contribution in [0.4, 0.5) is 0 Å². The van der Waals surface area contributed by atoms with Crippen LogP contribution in [0.1, 0.15) is 13.3 Å². The lowest BCUT2D eigenvalue weighted by Crippen LogP contribution is -2.26. The zero-order chi connectivity index (χ0) is 10.4. The first kappa shape index (κ1) is 11.8. The number of thioether (sulfide) groups is 1. The van der Waals surface area contributed by atoms with E-state index in [1.165, 1.54) is 0 Å². The number of hydrogen-bond donors (Lipinski definition) is 1. The maximum atomic E-state index is 5.99. The van der Waals surface area contributed by atoms with E-state index in [0.29, 0.717) is 6.04 Å². The van der Waals surface area contributed by atoms with Gasteiger partial charge in [-0.3, -0.25) is 0 Å². The molecule has 1 aromatic rings. The van der Waals surface area contributed by atoms with Crippen molar-refractivity contribution in [1.82, 2.24) is 10.3 Å². The molecule has 1 N–H and O–H groups in total. The number of pyridine rings is 1. The molecule has 0 radical (unpaired) electrons. The van der Waals surface area contributed by atoms with Gasteiger partial charge in [0.25, 0.3) is 0 Å². The van der Waals surface area contributed by atoms with E-state index in [2.05, 4.69) is 17.2 Å². The monoisotopic (exact) mass is 230 g/mol. The van der Waals surface area contributed by atoms with Crippen LogP contribution >= 0.6 is 23.4 Å². The highest BCUT2D eigenvalue weighted by Crippen LogP contribution is 2.24. The van der Waals surface area contributed by atoms with Crippen molar-refractivity contribution >= 4 is 23.4 Å². The zero-order valence-electron chi connectivity index (χ0n) is 8.46. The molecule has 1 unspecified atom stereocenters. The lowest BCUT2D eigenvalue weighted by molar-refractivity contribution is 0.601. The van der Waals surface area contributed by atoms with Crippen LogP contribution in [0.25, 0.3) is 0 Å². The van der Waals surface area contributed by atoms with Crippen molar-refractivity contribution in [2.75, 3.05) is 12.8 Å². The largest absolute Gasteiger partial charge is 0.316 e. The summed E-state index contributed by atoms with van der Waals surface area (Å²) in [5, 5.41) is 4.91. The van der Waals surface area contributed by atoms with Crippen LogP contribution in [-0.2, 0) is 0 Å². The molecule has 0 fully saturated rings. The second-order valence-electron chi connectivity index (χ2n) is 3.00. The normalized spacial score (nSPS) is 12.8. The minimum atomic E-state index is 0.526. The third-order valence-electron chi connectivity index (χ3n) is 2.05. The average molecular weight is 231 g/mol. The maximum absolute atomic E-state index is 5.99. The summed E-state index contributed by atoms with van der Waals surface area (Å²) < 4.78 is 0. The first-order chi connectivity index (χ1) is 6.77. The Labute approximate surface area is 94.5 Å². The lowest BCUT2D eigenvalue weighted by atomic mass is 10.3.